The highest BCUT2D eigenvalue weighted by molar-refractivity contribution is 6.30. The Labute approximate surface area is 171 Å². The number of halogens is 1. The molecule has 0 atom stereocenters. The molecule has 1 saturated heterocycles. The SMILES string of the molecule is COc1cc(/C=C/C(=O)N2CCC(C)CC2)ccc1OCc1ccc(Cl)cc1. The van der Waals surface area contributed by atoms with Crippen molar-refractivity contribution in [3.63, 3.8) is 0 Å². The van der Waals surface area contributed by atoms with Gasteiger partial charge in [0, 0.05) is 24.2 Å². The molecule has 1 aliphatic rings. The van der Waals surface area contributed by atoms with E-state index in [1.54, 1.807) is 13.2 Å². The highest BCUT2D eigenvalue weighted by Crippen LogP contribution is 2.29. The van der Waals surface area contributed by atoms with Crippen molar-refractivity contribution in [2.75, 3.05) is 20.2 Å². The fraction of sp³-hybridized carbons (Fsp3) is 0.348. The Kier molecular flexibility index (Phi) is 6.99. The molecule has 0 aromatic heterocycles. The molecule has 1 heterocycles. The number of ether oxygens (including phenoxy) is 2. The van der Waals surface area contributed by atoms with Gasteiger partial charge in [0.1, 0.15) is 6.61 Å². The molecule has 3 rings (SSSR count). The van der Waals surface area contributed by atoms with Crippen LogP contribution >= 0.6 is 11.6 Å². The average molecular weight is 400 g/mol. The number of nitrogens with zero attached hydrogens (tertiary/aromatic N) is 1. The van der Waals surface area contributed by atoms with Crippen LogP contribution in [0.4, 0.5) is 0 Å². The molecule has 2 aromatic rings. The summed E-state index contributed by atoms with van der Waals surface area (Å²) < 4.78 is 11.3. The molecule has 0 unspecified atom stereocenters. The molecule has 4 nitrogen and oxygen atoms in total. The van der Waals surface area contributed by atoms with Gasteiger partial charge in [-0.1, -0.05) is 36.7 Å². The third-order valence-corrected chi connectivity index (χ3v) is 5.26. The molecular formula is C23H26ClNO3. The number of carbonyl (C=O) groups is 1. The van der Waals surface area contributed by atoms with Gasteiger partial charge in [0.05, 0.1) is 7.11 Å². The van der Waals surface area contributed by atoms with Gasteiger partial charge < -0.3 is 14.4 Å². The van der Waals surface area contributed by atoms with E-state index >= 15 is 0 Å². The van der Waals surface area contributed by atoms with Gasteiger partial charge in [-0.05, 0) is 60.2 Å². The number of hydrogen-bond acceptors (Lipinski definition) is 3. The van der Waals surface area contributed by atoms with Crippen molar-refractivity contribution in [2.45, 2.75) is 26.4 Å². The van der Waals surface area contributed by atoms with Gasteiger partial charge in [0.15, 0.2) is 11.5 Å². The van der Waals surface area contributed by atoms with E-state index in [-0.39, 0.29) is 5.91 Å². The van der Waals surface area contributed by atoms with Gasteiger partial charge in [-0.25, -0.2) is 0 Å². The molecule has 2 aromatic carbocycles. The van der Waals surface area contributed by atoms with Crippen molar-refractivity contribution >= 4 is 23.6 Å². The molecule has 0 spiro atoms. The van der Waals surface area contributed by atoms with Crippen LogP contribution < -0.4 is 9.47 Å². The highest BCUT2D eigenvalue weighted by atomic mass is 35.5. The number of carbonyl (C=O) groups excluding carboxylic acids is 1. The first-order chi connectivity index (χ1) is 13.5. The van der Waals surface area contributed by atoms with E-state index in [9.17, 15) is 4.79 Å². The lowest BCUT2D eigenvalue weighted by atomic mass is 9.99. The lowest BCUT2D eigenvalue weighted by Gasteiger charge is -2.29. The molecule has 28 heavy (non-hydrogen) atoms. The van der Waals surface area contributed by atoms with E-state index in [1.807, 2.05) is 53.4 Å². The number of benzene rings is 2. The minimum Gasteiger partial charge on any atom is -0.493 e. The molecule has 0 bridgehead atoms. The molecule has 0 radical (unpaired) electrons. The van der Waals surface area contributed by atoms with E-state index in [2.05, 4.69) is 6.92 Å². The molecule has 1 amide bonds. The Morgan fingerprint density at radius 2 is 1.86 bits per heavy atom. The smallest absolute Gasteiger partial charge is 0.246 e. The van der Waals surface area contributed by atoms with Gasteiger partial charge >= 0.3 is 0 Å². The second-order valence-corrected chi connectivity index (χ2v) is 7.60. The van der Waals surface area contributed by atoms with Crippen LogP contribution in [0.1, 0.15) is 30.9 Å². The van der Waals surface area contributed by atoms with E-state index in [0.29, 0.717) is 29.0 Å². The summed E-state index contributed by atoms with van der Waals surface area (Å²) in [5.41, 5.74) is 1.92. The fourth-order valence-electron chi connectivity index (χ4n) is 3.15. The van der Waals surface area contributed by atoms with Crippen LogP contribution in [0.25, 0.3) is 6.08 Å². The van der Waals surface area contributed by atoms with Gasteiger partial charge in [-0.2, -0.15) is 0 Å². The third kappa shape index (κ3) is 5.52. The van der Waals surface area contributed by atoms with Crippen LogP contribution in [-0.2, 0) is 11.4 Å². The van der Waals surface area contributed by atoms with Crippen molar-refractivity contribution in [1.29, 1.82) is 0 Å². The number of methoxy groups -OCH3 is 1. The number of likely N-dealkylation sites (tertiary alicyclic amines) is 1. The summed E-state index contributed by atoms with van der Waals surface area (Å²) in [4.78, 5) is 14.3. The first kappa shape index (κ1) is 20.3. The Bertz CT molecular complexity index is 824. The van der Waals surface area contributed by atoms with Crippen molar-refractivity contribution < 1.29 is 14.3 Å². The minimum atomic E-state index is 0.0638. The monoisotopic (exact) mass is 399 g/mol. The predicted molar refractivity (Wildman–Crippen MR) is 113 cm³/mol. The van der Waals surface area contributed by atoms with Crippen LogP contribution in [-0.4, -0.2) is 31.0 Å². The van der Waals surface area contributed by atoms with E-state index in [0.717, 1.165) is 37.1 Å². The molecule has 1 fully saturated rings. The van der Waals surface area contributed by atoms with Crippen LogP contribution in [0.5, 0.6) is 11.5 Å². The van der Waals surface area contributed by atoms with Crippen LogP contribution in [0, 0.1) is 5.92 Å². The maximum absolute atomic E-state index is 12.4. The van der Waals surface area contributed by atoms with Crippen molar-refractivity contribution in [2.24, 2.45) is 5.92 Å². The third-order valence-electron chi connectivity index (χ3n) is 5.01. The normalized spacial score (nSPS) is 15.0. The Morgan fingerprint density at radius 3 is 2.54 bits per heavy atom. The quantitative estimate of drug-likeness (QED) is 0.626. The highest BCUT2D eigenvalue weighted by Gasteiger charge is 2.18. The number of hydrogen-bond donors (Lipinski definition) is 0. The molecule has 5 heteroatoms. The first-order valence-corrected chi connectivity index (χ1v) is 9.95. The summed E-state index contributed by atoms with van der Waals surface area (Å²) in [6, 6.07) is 13.2. The topological polar surface area (TPSA) is 38.8 Å². The van der Waals surface area contributed by atoms with Gasteiger partial charge in [-0.15, -0.1) is 0 Å². The molecule has 0 saturated carbocycles. The summed E-state index contributed by atoms with van der Waals surface area (Å²) in [5, 5.41) is 0.700. The minimum absolute atomic E-state index is 0.0638. The lowest BCUT2D eigenvalue weighted by Crippen LogP contribution is -2.36. The number of rotatable bonds is 6. The molecule has 148 valence electrons. The average Bonchev–Trinajstić information content (AvgIpc) is 2.72. The van der Waals surface area contributed by atoms with Crippen LogP contribution in [0.3, 0.4) is 0 Å². The van der Waals surface area contributed by atoms with E-state index in [4.69, 9.17) is 21.1 Å². The first-order valence-electron chi connectivity index (χ1n) is 9.57. The molecule has 0 N–H and O–H groups in total. The van der Waals surface area contributed by atoms with Gasteiger partial charge in [-0.3, -0.25) is 4.79 Å². The molecule has 0 aliphatic carbocycles. The van der Waals surface area contributed by atoms with Gasteiger partial charge in [0.25, 0.3) is 0 Å². The number of amides is 1. The van der Waals surface area contributed by atoms with Crippen LogP contribution in [0.15, 0.2) is 48.5 Å². The summed E-state index contributed by atoms with van der Waals surface area (Å²) in [5.74, 6) is 2.06. The standard InChI is InChI=1S/C23H26ClNO3/c1-17-11-13-25(14-12-17)23(26)10-6-18-5-9-21(22(15-18)27-2)28-16-19-3-7-20(24)8-4-19/h3-10,15,17H,11-14,16H2,1-2H3/b10-6+. The van der Waals surface area contributed by atoms with Crippen molar-refractivity contribution in [3.05, 3.63) is 64.7 Å². The Morgan fingerprint density at radius 1 is 1.14 bits per heavy atom. The van der Waals surface area contributed by atoms with E-state index in [1.165, 1.54) is 0 Å². The summed E-state index contributed by atoms with van der Waals surface area (Å²) in [6.07, 6.45) is 5.62. The van der Waals surface area contributed by atoms with Crippen LogP contribution in [0.2, 0.25) is 5.02 Å². The zero-order chi connectivity index (χ0) is 19.9. The molecular weight excluding hydrogens is 374 g/mol. The zero-order valence-electron chi connectivity index (χ0n) is 16.4. The largest absolute Gasteiger partial charge is 0.493 e. The maximum atomic E-state index is 12.4. The maximum Gasteiger partial charge on any atom is 0.246 e. The summed E-state index contributed by atoms with van der Waals surface area (Å²) in [7, 11) is 1.61. The Balaban J connectivity index is 1.62. The second kappa shape index (κ2) is 9.65. The Hall–Kier alpha value is -2.46. The second-order valence-electron chi connectivity index (χ2n) is 7.17. The van der Waals surface area contributed by atoms with Gasteiger partial charge in [0.2, 0.25) is 5.91 Å². The van der Waals surface area contributed by atoms with E-state index < -0.39 is 0 Å². The zero-order valence-corrected chi connectivity index (χ0v) is 17.1. The van der Waals surface area contributed by atoms with Crippen molar-refractivity contribution in [3.8, 4) is 11.5 Å². The summed E-state index contributed by atoms with van der Waals surface area (Å²) in [6.45, 7) is 4.34. The lowest BCUT2D eigenvalue weighted by molar-refractivity contribution is -0.127. The fourth-order valence-corrected chi connectivity index (χ4v) is 3.28. The molecule has 1 aliphatic heterocycles. The number of piperidine rings is 1. The summed E-state index contributed by atoms with van der Waals surface area (Å²) >= 11 is 5.91. The van der Waals surface area contributed by atoms with Crippen molar-refractivity contribution in [1.82, 2.24) is 4.90 Å². The predicted octanol–water partition coefficient (Wildman–Crippen LogP) is 5.20.